The first-order valence-electron chi connectivity index (χ1n) is 12.8. The fourth-order valence-corrected chi connectivity index (χ4v) is 5.34. The molecule has 2 aromatic carbocycles. The SMILES string of the molecule is Cc1cn(Cc2ccccc2)c(=O)n(CCCNC2CCC(C#N)(c3ccccc3C(F)(F)F)CC2)c1=O. The van der Waals surface area contributed by atoms with Crippen LogP contribution in [0, 0.1) is 18.3 Å². The topological polar surface area (TPSA) is 79.8 Å². The van der Waals surface area contributed by atoms with Gasteiger partial charge in [0.1, 0.15) is 0 Å². The molecule has 0 unspecified atom stereocenters. The summed E-state index contributed by atoms with van der Waals surface area (Å²) >= 11 is 0. The lowest BCUT2D eigenvalue weighted by atomic mass is 9.68. The summed E-state index contributed by atoms with van der Waals surface area (Å²) in [5, 5.41) is 13.3. The lowest BCUT2D eigenvalue weighted by Crippen LogP contribution is -2.42. The van der Waals surface area contributed by atoms with Gasteiger partial charge in [0, 0.05) is 24.3 Å². The highest BCUT2D eigenvalue weighted by atomic mass is 19.4. The maximum Gasteiger partial charge on any atom is 0.416 e. The van der Waals surface area contributed by atoms with Crippen molar-refractivity contribution in [1.82, 2.24) is 14.5 Å². The molecular formula is C29H31F3N4O2. The van der Waals surface area contributed by atoms with E-state index in [9.17, 15) is 28.0 Å². The van der Waals surface area contributed by atoms with E-state index in [1.165, 1.54) is 16.7 Å². The fraction of sp³-hybridized carbons (Fsp3) is 0.414. The molecular weight excluding hydrogens is 493 g/mol. The molecule has 1 N–H and O–H groups in total. The number of nitriles is 1. The summed E-state index contributed by atoms with van der Waals surface area (Å²) in [4.78, 5) is 25.6. The Morgan fingerprint density at radius 1 is 1.05 bits per heavy atom. The molecule has 0 amide bonds. The maximum atomic E-state index is 13.6. The Kier molecular flexibility index (Phi) is 8.22. The van der Waals surface area contributed by atoms with E-state index in [0.717, 1.165) is 11.6 Å². The van der Waals surface area contributed by atoms with Crippen LogP contribution >= 0.6 is 0 Å². The Morgan fingerprint density at radius 3 is 2.37 bits per heavy atom. The number of halogens is 3. The zero-order chi connectivity index (χ0) is 27.3. The number of hydrogen-bond acceptors (Lipinski definition) is 4. The van der Waals surface area contributed by atoms with Gasteiger partial charge < -0.3 is 5.32 Å². The van der Waals surface area contributed by atoms with Crippen LogP contribution in [-0.4, -0.2) is 21.7 Å². The Balaban J connectivity index is 1.36. The summed E-state index contributed by atoms with van der Waals surface area (Å²) in [7, 11) is 0. The van der Waals surface area contributed by atoms with Gasteiger partial charge in [-0.05, 0) is 62.8 Å². The number of hydrogen-bond donors (Lipinski definition) is 1. The van der Waals surface area contributed by atoms with E-state index in [4.69, 9.17) is 0 Å². The highest BCUT2D eigenvalue weighted by Gasteiger charge is 2.43. The molecule has 1 fully saturated rings. The molecule has 1 aliphatic carbocycles. The van der Waals surface area contributed by atoms with Crippen molar-refractivity contribution in [3.05, 3.63) is 104 Å². The molecule has 200 valence electrons. The van der Waals surface area contributed by atoms with Gasteiger partial charge in [-0.3, -0.25) is 13.9 Å². The number of nitrogens with one attached hydrogen (secondary N) is 1. The van der Waals surface area contributed by atoms with Crippen molar-refractivity contribution in [3.8, 4) is 6.07 Å². The summed E-state index contributed by atoms with van der Waals surface area (Å²) < 4.78 is 43.5. The number of alkyl halides is 3. The minimum atomic E-state index is -4.51. The Bertz CT molecular complexity index is 1410. The van der Waals surface area contributed by atoms with Gasteiger partial charge in [0.05, 0.1) is 23.6 Å². The normalized spacial score (nSPS) is 19.7. The molecule has 0 bridgehead atoms. The quantitative estimate of drug-likeness (QED) is 0.431. The predicted octanol–water partition coefficient (Wildman–Crippen LogP) is 4.77. The van der Waals surface area contributed by atoms with Gasteiger partial charge in [0.25, 0.3) is 5.56 Å². The van der Waals surface area contributed by atoms with Crippen molar-refractivity contribution < 1.29 is 13.2 Å². The van der Waals surface area contributed by atoms with Crippen molar-refractivity contribution in [3.63, 3.8) is 0 Å². The van der Waals surface area contributed by atoms with Gasteiger partial charge in [-0.15, -0.1) is 0 Å². The first-order chi connectivity index (χ1) is 18.1. The number of benzene rings is 2. The minimum Gasteiger partial charge on any atom is -0.314 e. The van der Waals surface area contributed by atoms with Gasteiger partial charge >= 0.3 is 11.9 Å². The fourth-order valence-electron chi connectivity index (χ4n) is 5.34. The predicted molar refractivity (Wildman–Crippen MR) is 139 cm³/mol. The molecule has 38 heavy (non-hydrogen) atoms. The van der Waals surface area contributed by atoms with Crippen LogP contribution in [-0.2, 0) is 24.7 Å². The second-order valence-electron chi connectivity index (χ2n) is 9.98. The summed E-state index contributed by atoms with van der Waals surface area (Å²) in [6, 6.07) is 17.2. The average Bonchev–Trinajstić information content (AvgIpc) is 2.92. The molecule has 0 radical (unpaired) electrons. The second kappa shape index (κ2) is 11.4. The molecule has 0 atom stereocenters. The van der Waals surface area contributed by atoms with Gasteiger partial charge in [-0.2, -0.15) is 18.4 Å². The van der Waals surface area contributed by atoms with Crippen LogP contribution in [0.3, 0.4) is 0 Å². The monoisotopic (exact) mass is 524 g/mol. The second-order valence-corrected chi connectivity index (χ2v) is 9.98. The standard InChI is InChI=1S/C29H31F3N4O2/c1-21-18-35(19-22-8-3-2-4-9-22)27(38)36(26(21)37)17-7-16-34-23-12-14-28(20-33,15-13-23)24-10-5-6-11-25(24)29(30,31)32/h2-6,8-11,18,23,34H,7,12-17,19H2,1H3. The number of nitrogens with zero attached hydrogens (tertiary/aromatic N) is 3. The first-order valence-corrected chi connectivity index (χ1v) is 12.8. The summed E-state index contributed by atoms with van der Waals surface area (Å²) in [6.45, 7) is 2.87. The highest BCUT2D eigenvalue weighted by molar-refractivity contribution is 5.41. The lowest BCUT2D eigenvalue weighted by Gasteiger charge is -2.37. The Hall–Kier alpha value is -3.64. The Morgan fingerprint density at radius 2 is 1.71 bits per heavy atom. The third-order valence-electron chi connectivity index (χ3n) is 7.40. The van der Waals surface area contributed by atoms with Crippen LogP contribution in [0.4, 0.5) is 13.2 Å². The zero-order valence-electron chi connectivity index (χ0n) is 21.3. The maximum absolute atomic E-state index is 13.6. The summed E-state index contributed by atoms with van der Waals surface area (Å²) in [5.74, 6) is 0. The molecule has 1 saturated carbocycles. The van der Waals surface area contributed by atoms with Crippen LogP contribution < -0.4 is 16.6 Å². The van der Waals surface area contributed by atoms with Crippen molar-refractivity contribution in [1.29, 1.82) is 5.26 Å². The molecule has 3 aromatic rings. The van der Waals surface area contributed by atoms with Gasteiger partial charge in [0.2, 0.25) is 0 Å². The number of rotatable bonds is 8. The van der Waals surface area contributed by atoms with E-state index in [1.807, 2.05) is 30.3 Å². The van der Waals surface area contributed by atoms with Gasteiger partial charge in [-0.1, -0.05) is 48.5 Å². The minimum absolute atomic E-state index is 0.0542. The van der Waals surface area contributed by atoms with Crippen LogP contribution in [0.5, 0.6) is 0 Å². The summed E-state index contributed by atoms with van der Waals surface area (Å²) in [5.41, 5.74) is -1.06. The molecule has 9 heteroatoms. The number of aromatic nitrogens is 2. The van der Waals surface area contributed by atoms with Gasteiger partial charge in [0.15, 0.2) is 0 Å². The molecule has 4 rings (SSSR count). The lowest BCUT2D eigenvalue weighted by molar-refractivity contribution is -0.138. The van der Waals surface area contributed by atoms with Crippen molar-refractivity contribution in [2.45, 2.75) is 69.8 Å². The van der Waals surface area contributed by atoms with E-state index in [0.29, 0.717) is 50.8 Å². The van der Waals surface area contributed by atoms with Crippen LogP contribution in [0.25, 0.3) is 0 Å². The molecule has 0 aliphatic heterocycles. The third-order valence-corrected chi connectivity index (χ3v) is 7.40. The van der Waals surface area contributed by atoms with E-state index in [1.54, 1.807) is 23.8 Å². The van der Waals surface area contributed by atoms with Crippen LogP contribution in [0.15, 0.2) is 70.4 Å². The van der Waals surface area contributed by atoms with Gasteiger partial charge in [-0.25, -0.2) is 4.79 Å². The smallest absolute Gasteiger partial charge is 0.314 e. The largest absolute Gasteiger partial charge is 0.416 e. The molecule has 1 heterocycles. The van der Waals surface area contributed by atoms with Crippen molar-refractivity contribution in [2.24, 2.45) is 0 Å². The molecule has 0 saturated heterocycles. The van der Waals surface area contributed by atoms with E-state index < -0.39 is 17.2 Å². The van der Waals surface area contributed by atoms with E-state index in [-0.39, 0.29) is 29.4 Å². The highest BCUT2D eigenvalue weighted by Crippen LogP contribution is 2.44. The average molecular weight is 525 g/mol. The zero-order valence-corrected chi connectivity index (χ0v) is 21.3. The van der Waals surface area contributed by atoms with Crippen LogP contribution in [0.1, 0.15) is 54.4 Å². The molecule has 1 aromatic heterocycles. The first kappa shape index (κ1) is 27.4. The van der Waals surface area contributed by atoms with Crippen LogP contribution in [0.2, 0.25) is 0 Å². The van der Waals surface area contributed by atoms with E-state index >= 15 is 0 Å². The molecule has 0 spiro atoms. The van der Waals surface area contributed by atoms with E-state index in [2.05, 4.69) is 11.4 Å². The molecule has 6 nitrogen and oxygen atoms in total. The number of aryl methyl sites for hydroxylation is 1. The third kappa shape index (κ3) is 5.91. The Labute approximate surface area is 219 Å². The summed E-state index contributed by atoms with van der Waals surface area (Å²) in [6.07, 6.45) is -0.593. The van der Waals surface area contributed by atoms with Crippen molar-refractivity contribution in [2.75, 3.05) is 6.54 Å². The van der Waals surface area contributed by atoms with Crippen molar-refractivity contribution >= 4 is 0 Å². The molecule has 1 aliphatic rings.